The van der Waals surface area contributed by atoms with Gasteiger partial charge in [0.15, 0.2) is 5.13 Å². The normalized spacial score (nSPS) is 29.0. The molecule has 1 aromatic rings. The first kappa shape index (κ1) is 13.3. The molecule has 0 radical (unpaired) electrons. The van der Waals surface area contributed by atoms with Gasteiger partial charge in [0.25, 0.3) is 0 Å². The monoisotopic (exact) mass is 280 g/mol. The van der Waals surface area contributed by atoms with Crippen molar-refractivity contribution < 1.29 is 0 Å². The zero-order chi connectivity index (χ0) is 13.1. The minimum atomic E-state index is 0.747. The summed E-state index contributed by atoms with van der Waals surface area (Å²) in [4.78, 5) is 9.47. The molecule has 19 heavy (non-hydrogen) atoms. The van der Waals surface area contributed by atoms with Crippen molar-refractivity contribution in [3.63, 3.8) is 0 Å². The van der Waals surface area contributed by atoms with Crippen LogP contribution in [0.4, 0.5) is 5.13 Å². The summed E-state index contributed by atoms with van der Waals surface area (Å²) in [5.41, 5.74) is 0. The van der Waals surface area contributed by atoms with Gasteiger partial charge in [0.2, 0.25) is 0 Å². The topological polar surface area (TPSA) is 31.4 Å². The SMILES string of the molecule is CNC1CCCC1CN1CCN(c2nccs2)CC1. The highest BCUT2D eigenvalue weighted by Crippen LogP contribution is 2.27. The highest BCUT2D eigenvalue weighted by molar-refractivity contribution is 7.13. The van der Waals surface area contributed by atoms with E-state index in [0.717, 1.165) is 25.0 Å². The number of aromatic nitrogens is 1. The molecule has 2 unspecified atom stereocenters. The summed E-state index contributed by atoms with van der Waals surface area (Å²) in [6, 6.07) is 0.747. The van der Waals surface area contributed by atoms with Gasteiger partial charge in [-0.2, -0.15) is 0 Å². The molecule has 5 heteroatoms. The lowest BCUT2D eigenvalue weighted by Crippen LogP contribution is -2.49. The first-order valence-corrected chi connectivity index (χ1v) is 8.29. The standard InChI is InChI=1S/C14H24N4S/c1-15-13-4-2-3-12(13)11-17-6-8-18(9-7-17)14-16-5-10-19-14/h5,10,12-13,15H,2-4,6-9,11H2,1H3. The molecule has 0 spiro atoms. The Balaban J connectivity index is 1.48. The van der Waals surface area contributed by atoms with Crippen LogP contribution >= 0.6 is 11.3 Å². The van der Waals surface area contributed by atoms with E-state index in [1.807, 2.05) is 6.20 Å². The first-order valence-electron chi connectivity index (χ1n) is 7.41. The van der Waals surface area contributed by atoms with Gasteiger partial charge in [0, 0.05) is 50.3 Å². The Morgan fingerprint density at radius 1 is 1.32 bits per heavy atom. The molecule has 4 nitrogen and oxygen atoms in total. The zero-order valence-corrected chi connectivity index (χ0v) is 12.5. The lowest BCUT2D eigenvalue weighted by molar-refractivity contribution is 0.205. The number of nitrogens with zero attached hydrogens (tertiary/aromatic N) is 3. The maximum absolute atomic E-state index is 4.41. The molecule has 2 heterocycles. The summed E-state index contributed by atoms with van der Waals surface area (Å²) in [5.74, 6) is 0.858. The molecule has 1 aliphatic carbocycles. The number of hydrogen-bond acceptors (Lipinski definition) is 5. The van der Waals surface area contributed by atoms with E-state index in [4.69, 9.17) is 0 Å². The van der Waals surface area contributed by atoms with Crippen molar-refractivity contribution in [2.24, 2.45) is 5.92 Å². The van der Waals surface area contributed by atoms with Crippen LogP contribution in [0.2, 0.25) is 0 Å². The predicted molar refractivity (Wildman–Crippen MR) is 81.0 cm³/mol. The fourth-order valence-corrected chi connectivity index (χ4v) is 4.16. The van der Waals surface area contributed by atoms with Crippen LogP contribution in [0.25, 0.3) is 0 Å². The highest BCUT2D eigenvalue weighted by Gasteiger charge is 2.29. The van der Waals surface area contributed by atoms with Crippen LogP contribution in [0.3, 0.4) is 0 Å². The minimum Gasteiger partial charge on any atom is -0.346 e. The third-order valence-corrected chi connectivity index (χ3v) is 5.42. The van der Waals surface area contributed by atoms with Crippen molar-refractivity contribution in [3.05, 3.63) is 11.6 Å². The smallest absolute Gasteiger partial charge is 0.185 e. The summed E-state index contributed by atoms with van der Waals surface area (Å²) < 4.78 is 0. The Hall–Kier alpha value is -0.650. The Morgan fingerprint density at radius 3 is 2.84 bits per heavy atom. The number of rotatable bonds is 4. The van der Waals surface area contributed by atoms with E-state index < -0.39 is 0 Å². The summed E-state index contributed by atoms with van der Waals surface area (Å²) in [5, 5.41) is 6.75. The van der Waals surface area contributed by atoms with E-state index in [9.17, 15) is 0 Å². The van der Waals surface area contributed by atoms with Gasteiger partial charge in [0.1, 0.15) is 0 Å². The summed E-state index contributed by atoms with van der Waals surface area (Å²) in [6.07, 6.45) is 6.07. The summed E-state index contributed by atoms with van der Waals surface area (Å²) >= 11 is 1.75. The van der Waals surface area contributed by atoms with Crippen LogP contribution in [0.5, 0.6) is 0 Å². The largest absolute Gasteiger partial charge is 0.346 e. The van der Waals surface area contributed by atoms with Gasteiger partial charge >= 0.3 is 0 Å². The maximum Gasteiger partial charge on any atom is 0.185 e. The van der Waals surface area contributed by atoms with E-state index in [2.05, 4.69) is 32.5 Å². The fraction of sp³-hybridized carbons (Fsp3) is 0.786. The first-order chi connectivity index (χ1) is 9.36. The molecule has 1 aliphatic heterocycles. The maximum atomic E-state index is 4.41. The van der Waals surface area contributed by atoms with Crippen LogP contribution in [-0.2, 0) is 0 Å². The fourth-order valence-electron chi connectivity index (χ4n) is 3.46. The Labute approximate surface area is 119 Å². The molecule has 0 aromatic carbocycles. The van der Waals surface area contributed by atoms with E-state index in [0.29, 0.717) is 0 Å². The van der Waals surface area contributed by atoms with Crippen molar-refractivity contribution in [1.82, 2.24) is 15.2 Å². The lowest BCUT2D eigenvalue weighted by atomic mass is 10.0. The molecule has 2 fully saturated rings. The number of nitrogens with one attached hydrogen (secondary N) is 1. The van der Waals surface area contributed by atoms with E-state index in [-0.39, 0.29) is 0 Å². The molecule has 1 saturated carbocycles. The van der Waals surface area contributed by atoms with Crippen molar-refractivity contribution in [2.45, 2.75) is 25.3 Å². The highest BCUT2D eigenvalue weighted by atomic mass is 32.1. The third kappa shape index (κ3) is 3.09. The Bertz CT molecular complexity index is 373. The van der Waals surface area contributed by atoms with Crippen molar-refractivity contribution in [3.8, 4) is 0 Å². The van der Waals surface area contributed by atoms with E-state index in [1.54, 1.807) is 11.3 Å². The Kier molecular flexibility index (Phi) is 4.35. The second-order valence-electron chi connectivity index (χ2n) is 5.69. The van der Waals surface area contributed by atoms with Crippen LogP contribution in [0.1, 0.15) is 19.3 Å². The summed E-state index contributed by atoms with van der Waals surface area (Å²) in [7, 11) is 2.11. The predicted octanol–water partition coefficient (Wildman–Crippen LogP) is 1.65. The molecule has 2 atom stereocenters. The van der Waals surface area contributed by atoms with Gasteiger partial charge < -0.3 is 10.2 Å². The van der Waals surface area contributed by atoms with E-state index in [1.165, 1.54) is 44.0 Å². The van der Waals surface area contributed by atoms with Crippen LogP contribution in [0, 0.1) is 5.92 Å². The van der Waals surface area contributed by atoms with Crippen LogP contribution in [-0.4, -0.2) is 55.7 Å². The van der Waals surface area contributed by atoms with Gasteiger partial charge in [-0.15, -0.1) is 11.3 Å². The molecule has 0 amide bonds. The molecule has 2 aliphatic rings. The zero-order valence-electron chi connectivity index (χ0n) is 11.7. The van der Waals surface area contributed by atoms with Gasteiger partial charge in [-0.3, -0.25) is 4.90 Å². The second-order valence-corrected chi connectivity index (χ2v) is 6.56. The number of piperazine rings is 1. The van der Waals surface area contributed by atoms with Crippen molar-refractivity contribution >= 4 is 16.5 Å². The lowest BCUT2D eigenvalue weighted by Gasteiger charge is -2.36. The van der Waals surface area contributed by atoms with Gasteiger partial charge in [-0.05, 0) is 25.8 Å². The molecule has 1 N–H and O–H groups in total. The van der Waals surface area contributed by atoms with Crippen LogP contribution < -0.4 is 10.2 Å². The molecule has 3 rings (SSSR count). The number of hydrogen-bond donors (Lipinski definition) is 1. The third-order valence-electron chi connectivity index (χ3n) is 4.58. The molecular weight excluding hydrogens is 256 g/mol. The molecule has 1 saturated heterocycles. The van der Waals surface area contributed by atoms with Gasteiger partial charge in [-0.25, -0.2) is 4.98 Å². The Morgan fingerprint density at radius 2 is 2.16 bits per heavy atom. The number of anilines is 1. The number of thiazole rings is 1. The van der Waals surface area contributed by atoms with Crippen molar-refractivity contribution in [1.29, 1.82) is 0 Å². The van der Waals surface area contributed by atoms with E-state index >= 15 is 0 Å². The van der Waals surface area contributed by atoms with Crippen LogP contribution in [0.15, 0.2) is 11.6 Å². The minimum absolute atomic E-state index is 0.747. The molecular formula is C14H24N4S. The quantitative estimate of drug-likeness (QED) is 0.909. The van der Waals surface area contributed by atoms with Gasteiger partial charge in [0.05, 0.1) is 0 Å². The second kappa shape index (κ2) is 6.20. The average molecular weight is 280 g/mol. The van der Waals surface area contributed by atoms with Crippen molar-refractivity contribution in [2.75, 3.05) is 44.7 Å². The summed E-state index contributed by atoms with van der Waals surface area (Å²) in [6.45, 7) is 5.91. The average Bonchev–Trinajstić information content (AvgIpc) is 3.10. The van der Waals surface area contributed by atoms with Gasteiger partial charge in [-0.1, -0.05) is 6.42 Å². The molecule has 1 aromatic heterocycles. The molecule has 0 bridgehead atoms. The molecule has 106 valence electrons.